The molecule has 0 radical (unpaired) electrons. The molecule has 0 saturated heterocycles. The highest BCUT2D eigenvalue weighted by atomic mass is 16.5. The van der Waals surface area contributed by atoms with Crippen LogP contribution in [0.4, 0.5) is 11.6 Å². The monoisotopic (exact) mass is 508 g/mol. The molecular weight excluding hydrogens is 484 g/mol. The van der Waals surface area contributed by atoms with Crippen molar-refractivity contribution in [2.75, 3.05) is 24.9 Å². The van der Waals surface area contributed by atoms with Gasteiger partial charge in [0.25, 0.3) is 11.8 Å². The van der Waals surface area contributed by atoms with Crippen LogP contribution in [0.3, 0.4) is 0 Å². The van der Waals surface area contributed by atoms with Crippen LogP contribution in [0, 0.1) is 0 Å². The number of hydrogen-bond acceptors (Lipinski definition) is 6. The van der Waals surface area contributed by atoms with E-state index in [1.54, 1.807) is 50.6 Å². The van der Waals surface area contributed by atoms with Gasteiger partial charge in [-0.3, -0.25) is 19.8 Å². The molecule has 5 aromatic rings. The van der Waals surface area contributed by atoms with E-state index in [2.05, 4.69) is 31.0 Å². The molecule has 0 atom stereocenters. The smallest absolute Gasteiger partial charge is 0.256 e. The van der Waals surface area contributed by atoms with Gasteiger partial charge in [-0.1, -0.05) is 0 Å². The van der Waals surface area contributed by atoms with Gasteiger partial charge in [0.1, 0.15) is 11.5 Å². The van der Waals surface area contributed by atoms with Gasteiger partial charge >= 0.3 is 0 Å². The van der Waals surface area contributed by atoms with E-state index in [-0.39, 0.29) is 11.8 Å². The summed E-state index contributed by atoms with van der Waals surface area (Å²) in [6.07, 6.45) is 0. The van der Waals surface area contributed by atoms with E-state index < -0.39 is 0 Å². The summed E-state index contributed by atoms with van der Waals surface area (Å²) in [6, 6.07) is 24.8. The number of ether oxygens (including phenoxy) is 2. The largest absolute Gasteiger partial charge is 0.497 e. The number of H-pyrrole nitrogens is 2. The maximum Gasteiger partial charge on any atom is 0.256 e. The Kier molecular flexibility index (Phi) is 6.85. The summed E-state index contributed by atoms with van der Waals surface area (Å²) in [5, 5.41) is 19.6. The van der Waals surface area contributed by atoms with Gasteiger partial charge in [-0.25, -0.2) is 0 Å². The number of methoxy groups -OCH3 is 2. The van der Waals surface area contributed by atoms with Gasteiger partial charge < -0.3 is 20.1 Å². The van der Waals surface area contributed by atoms with Crippen LogP contribution in [-0.4, -0.2) is 46.4 Å². The van der Waals surface area contributed by atoms with Crippen molar-refractivity contribution in [3.05, 3.63) is 96.1 Å². The first-order valence-electron chi connectivity index (χ1n) is 11.6. The minimum Gasteiger partial charge on any atom is -0.497 e. The maximum atomic E-state index is 12.7. The Bertz CT molecular complexity index is 1440. The average molecular weight is 509 g/mol. The van der Waals surface area contributed by atoms with Crippen molar-refractivity contribution in [1.82, 2.24) is 20.4 Å². The molecule has 5 rings (SSSR count). The van der Waals surface area contributed by atoms with Crippen LogP contribution >= 0.6 is 0 Å². The Morgan fingerprint density at radius 1 is 0.605 bits per heavy atom. The molecule has 2 heterocycles. The molecule has 190 valence electrons. The van der Waals surface area contributed by atoms with Crippen molar-refractivity contribution >= 4 is 23.5 Å². The van der Waals surface area contributed by atoms with Gasteiger partial charge in [-0.05, 0) is 83.9 Å². The molecule has 0 saturated carbocycles. The number of aromatic nitrogens is 4. The van der Waals surface area contributed by atoms with E-state index in [4.69, 9.17) is 9.47 Å². The van der Waals surface area contributed by atoms with Crippen molar-refractivity contribution in [3.63, 3.8) is 0 Å². The molecule has 3 aromatic carbocycles. The third kappa shape index (κ3) is 5.39. The molecule has 0 fully saturated rings. The van der Waals surface area contributed by atoms with Crippen LogP contribution < -0.4 is 20.1 Å². The summed E-state index contributed by atoms with van der Waals surface area (Å²) >= 11 is 0. The second-order valence-corrected chi connectivity index (χ2v) is 8.28. The van der Waals surface area contributed by atoms with E-state index in [0.29, 0.717) is 22.8 Å². The normalized spacial score (nSPS) is 10.6. The lowest BCUT2D eigenvalue weighted by Crippen LogP contribution is -2.14. The molecule has 0 bridgehead atoms. The Labute approximate surface area is 218 Å². The molecule has 0 unspecified atom stereocenters. The quantitative estimate of drug-likeness (QED) is 0.233. The van der Waals surface area contributed by atoms with Crippen molar-refractivity contribution in [2.45, 2.75) is 0 Å². The minimum atomic E-state index is -0.346. The van der Waals surface area contributed by atoms with Crippen molar-refractivity contribution < 1.29 is 19.1 Å². The van der Waals surface area contributed by atoms with Crippen molar-refractivity contribution in [3.8, 4) is 34.0 Å². The molecule has 0 aliphatic heterocycles. The first kappa shape index (κ1) is 24.3. The number of nitrogens with one attached hydrogen (secondary N) is 4. The number of hydrogen-bond donors (Lipinski definition) is 4. The van der Waals surface area contributed by atoms with E-state index in [0.717, 1.165) is 34.0 Å². The first-order valence-corrected chi connectivity index (χ1v) is 11.6. The topological polar surface area (TPSA) is 134 Å². The van der Waals surface area contributed by atoms with Gasteiger partial charge in [0.2, 0.25) is 0 Å². The summed E-state index contributed by atoms with van der Waals surface area (Å²) in [6.45, 7) is 0. The Balaban J connectivity index is 1.19. The zero-order valence-corrected chi connectivity index (χ0v) is 20.6. The lowest BCUT2D eigenvalue weighted by Gasteiger charge is -2.05. The Morgan fingerprint density at radius 3 is 1.32 bits per heavy atom. The van der Waals surface area contributed by atoms with Crippen LogP contribution in [0.1, 0.15) is 20.7 Å². The lowest BCUT2D eigenvalue weighted by atomic mass is 10.1. The number of benzene rings is 3. The highest BCUT2D eigenvalue weighted by Crippen LogP contribution is 2.24. The predicted octanol–water partition coefficient (Wildman–Crippen LogP) is 4.99. The Morgan fingerprint density at radius 2 is 0.974 bits per heavy atom. The lowest BCUT2D eigenvalue weighted by molar-refractivity contribution is 0.101. The van der Waals surface area contributed by atoms with Crippen LogP contribution in [0.25, 0.3) is 22.5 Å². The second kappa shape index (κ2) is 10.7. The number of rotatable bonds is 8. The van der Waals surface area contributed by atoms with Gasteiger partial charge in [0.15, 0.2) is 11.6 Å². The molecule has 0 spiro atoms. The summed E-state index contributed by atoms with van der Waals surface area (Å²) in [7, 11) is 3.22. The average Bonchev–Trinajstić information content (AvgIpc) is 3.63. The van der Waals surface area contributed by atoms with Crippen LogP contribution in [0.15, 0.2) is 84.9 Å². The van der Waals surface area contributed by atoms with Gasteiger partial charge in [-0.15, -0.1) is 0 Å². The number of aromatic amines is 2. The third-order valence-corrected chi connectivity index (χ3v) is 5.85. The van der Waals surface area contributed by atoms with Gasteiger partial charge in [0.05, 0.1) is 25.6 Å². The van der Waals surface area contributed by atoms with Crippen molar-refractivity contribution in [2.24, 2.45) is 0 Å². The molecule has 38 heavy (non-hydrogen) atoms. The van der Waals surface area contributed by atoms with Crippen LogP contribution in [-0.2, 0) is 0 Å². The minimum absolute atomic E-state index is 0.346. The molecular formula is C28H24N6O4. The Hall–Kier alpha value is -5.38. The molecule has 0 aliphatic carbocycles. The van der Waals surface area contributed by atoms with Crippen LogP contribution in [0.2, 0.25) is 0 Å². The SMILES string of the molecule is COc1ccc(-c2cc(NC(=O)c3ccc(C(=O)Nc4cc(-c5ccc(OC)cc5)[nH]n4)cc3)n[nH]2)cc1. The number of amides is 2. The van der Waals surface area contributed by atoms with Gasteiger partial charge in [0, 0.05) is 23.3 Å². The summed E-state index contributed by atoms with van der Waals surface area (Å²) in [4.78, 5) is 25.4. The molecule has 10 heteroatoms. The number of nitrogens with zero attached hydrogens (tertiary/aromatic N) is 2. The zero-order chi connectivity index (χ0) is 26.5. The van der Waals surface area contributed by atoms with E-state index >= 15 is 0 Å². The van der Waals surface area contributed by atoms with Crippen molar-refractivity contribution in [1.29, 1.82) is 0 Å². The third-order valence-electron chi connectivity index (χ3n) is 5.85. The second-order valence-electron chi connectivity index (χ2n) is 8.28. The fourth-order valence-electron chi connectivity index (χ4n) is 3.76. The van der Waals surface area contributed by atoms with E-state index in [1.165, 1.54) is 0 Å². The maximum absolute atomic E-state index is 12.7. The first-order chi connectivity index (χ1) is 18.5. The fraction of sp³-hybridized carbons (Fsp3) is 0.0714. The molecule has 2 amide bonds. The summed E-state index contributed by atoms with van der Waals surface area (Å²) in [5.41, 5.74) is 4.09. The van der Waals surface area contributed by atoms with E-state index in [9.17, 15) is 9.59 Å². The zero-order valence-electron chi connectivity index (χ0n) is 20.6. The number of carbonyl (C=O) groups excluding carboxylic acids is 2. The summed E-state index contributed by atoms with van der Waals surface area (Å²) < 4.78 is 10.3. The standard InChI is InChI=1S/C28H24N6O4/c1-37-21-11-7-17(8-12-21)23-15-25(33-31-23)29-27(35)19-3-5-20(6-4-19)28(36)30-26-16-24(32-34-26)18-9-13-22(38-2)14-10-18/h3-16H,1-2H3,(H2,29,31,33,35)(H2,30,32,34,36). The van der Waals surface area contributed by atoms with Crippen LogP contribution in [0.5, 0.6) is 11.5 Å². The number of carbonyl (C=O) groups is 2. The molecule has 2 aromatic heterocycles. The fourth-order valence-corrected chi connectivity index (χ4v) is 3.76. The highest BCUT2D eigenvalue weighted by Gasteiger charge is 2.13. The van der Waals surface area contributed by atoms with E-state index in [1.807, 2.05) is 48.5 Å². The number of anilines is 2. The predicted molar refractivity (Wildman–Crippen MR) is 143 cm³/mol. The summed E-state index contributed by atoms with van der Waals surface area (Å²) in [5.74, 6) is 1.58. The molecule has 4 N–H and O–H groups in total. The molecule has 0 aliphatic rings. The van der Waals surface area contributed by atoms with Gasteiger partial charge in [-0.2, -0.15) is 10.2 Å². The molecule has 10 nitrogen and oxygen atoms in total. The highest BCUT2D eigenvalue weighted by molar-refractivity contribution is 6.07.